The molecule has 5 saturated carbocycles. The molecule has 0 amide bonds. The van der Waals surface area contributed by atoms with Gasteiger partial charge in [-0.05, 0) is 104 Å². The van der Waals surface area contributed by atoms with Crippen LogP contribution in [0.25, 0.3) is 0 Å². The fourth-order valence-electron chi connectivity index (χ4n) is 15.7. The first-order chi connectivity index (χ1) is 19.1. The Morgan fingerprint density at radius 2 is 1.00 bits per heavy atom. The second-order valence-corrected chi connectivity index (χ2v) is 17.5. The van der Waals surface area contributed by atoms with Crippen LogP contribution < -0.4 is 0 Å². The number of fused-ring (bicyclic) bond motifs is 2. The van der Waals surface area contributed by atoms with Crippen LogP contribution in [0, 0.1) is 35.5 Å². The Bertz CT molecular complexity index is 978. The summed E-state index contributed by atoms with van der Waals surface area (Å²) in [5, 5.41) is 0. The van der Waals surface area contributed by atoms with Crippen molar-refractivity contribution in [2.45, 2.75) is 175 Å². The Balaban J connectivity index is 1.12. The molecular formula is C34H51BN2O2. The molecule has 11 fully saturated rings. The quantitative estimate of drug-likeness (QED) is 0.366. The van der Waals surface area contributed by atoms with Crippen molar-refractivity contribution in [3.8, 4) is 0 Å². The number of piperidine rings is 2. The minimum atomic E-state index is 0.437. The van der Waals surface area contributed by atoms with Gasteiger partial charge in [0.15, 0.2) is 6.71 Å². The van der Waals surface area contributed by atoms with Gasteiger partial charge >= 0.3 is 0 Å². The van der Waals surface area contributed by atoms with Gasteiger partial charge in [0, 0.05) is 42.7 Å². The molecule has 5 heteroatoms. The minimum absolute atomic E-state index is 0.437. The van der Waals surface area contributed by atoms with E-state index in [1.54, 1.807) is 0 Å². The van der Waals surface area contributed by atoms with Gasteiger partial charge in [0.2, 0.25) is 0 Å². The molecule has 0 spiro atoms. The highest BCUT2D eigenvalue weighted by atomic mass is 16.5. The molecule has 0 radical (unpaired) electrons. The maximum Gasteiger partial charge on any atom is 0.157 e. The Morgan fingerprint density at radius 1 is 0.487 bits per heavy atom. The second kappa shape index (κ2) is 7.89. The van der Waals surface area contributed by atoms with E-state index in [9.17, 15) is 0 Å². The van der Waals surface area contributed by atoms with Crippen LogP contribution in [0.2, 0.25) is 17.5 Å². The molecule has 0 aromatic heterocycles. The van der Waals surface area contributed by atoms with Crippen molar-refractivity contribution in [2.24, 2.45) is 35.5 Å². The summed E-state index contributed by atoms with van der Waals surface area (Å²) in [7, 11) is 0. The fraction of sp³-hybridized carbons (Fsp3) is 1.00. The summed E-state index contributed by atoms with van der Waals surface area (Å²) in [5.41, 5.74) is 0. The molecule has 6 saturated heterocycles. The summed E-state index contributed by atoms with van der Waals surface area (Å²) in [5.74, 6) is 8.29. The number of rotatable bonds is 0. The minimum Gasteiger partial charge on any atom is -0.372 e. The topological polar surface area (TPSA) is 24.9 Å². The smallest absolute Gasteiger partial charge is 0.157 e. The van der Waals surface area contributed by atoms with Crippen LogP contribution >= 0.6 is 0 Å². The van der Waals surface area contributed by atoms with E-state index in [-0.39, 0.29) is 0 Å². The largest absolute Gasteiger partial charge is 0.372 e. The van der Waals surface area contributed by atoms with E-state index in [1.165, 1.54) is 83.5 Å². The third-order valence-electron chi connectivity index (χ3n) is 15.9. The average molecular weight is 531 g/mol. The second-order valence-electron chi connectivity index (χ2n) is 17.5. The molecule has 18 unspecified atom stereocenters. The third-order valence-corrected chi connectivity index (χ3v) is 15.9. The zero-order valence-corrected chi connectivity index (χ0v) is 24.5. The molecular weight excluding hydrogens is 479 g/mol. The predicted molar refractivity (Wildman–Crippen MR) is 153 cm³/mol. The van der Waals surface area contributed by atoms with Gasteiger partial charge < -0.3 is 9.47 Å². The molecule has 6 aliphatic heterocycles. The predicted octanol–water partition coefficient (Wildman–Crippen LogP) is 5.87. The van der Waals surface area contributed by atoms with E-state index in [0.717, 1.165) is 83.8 Å². The molecule has 0 aromatic rings. The molecule has 6 heterocycles. The van der Waals surface area contributed by atoms with Gasteiger partial charge in [-0.1, -0.05) is 39.5 Å². The normalized spacial score (nSPS) is 65.7. The fourth-order valence-corrected chi connectivity index (χ4v) is 15.7. The van der Waals surface area contributed by atoms with E-state index in [4.69, 9.17) is 9.47 Å². The lowest BCUT2D eigenvalue weighted by Gasteiger charge is -2.78. The highest BCUT2D eigenvalue weighted by Crippen LogP contribution is 2.69. The van der Waals surface area contributed by atoms with E-state index < -0.39 is 0 Å². The lowest BCUT2D eigenvalue weighted by atomic mass is 9.16. The monoisotopic (exact) mass is 530 g/mol. The molecule has 0 bridgehead atoms. The van der Waals surface area contributed by atoms with Crippen LogP contribution in [0.1, 0.15) is 97.3 Å². The van der Waals surface area contributed by atoms with Crippen LogP contribution in [0.5, 0.6) is 0 Å². The number of ether oxygens (including phenoxy) is 2. The molecule has 0 N–H and O–H groups in total. The summed E-state index contributed by atoms with van der Waals surface area (Å²) in [6.45, 7) is 6.23. The van der Waals surface area contributed by atoms with Gasteiger partial charge in [-0.15, -0.1) is 0 Å². The molecule has 18 atom stereocenters. The Hall–Kier alpha value is -0.0951. The molecule has 212 valence electrons. The van der Waals surface area contributed by atoms with E-state index >= 15 is 0 Å². The average Bonchev–Trinajstić information content (AvgIpc) is 2.92. The van der Waals surface area contributed by atoms with Gasteiger partial charge in [-0.3, -0.25) is 9.80 Å². The highest BCUT2D eigenvalue weighted by Gasteiger charge is 2.74. The van der Waals surface area contributed by atoms with Crippen LogP contribution in [-0.4, -0.2) is 77.2 Å². The van der Waals surface area contributed by atoms with Gasteiger partial charge in [0.05, 0.1) is 24.4 Å². The molecule has 0 aromatic carbocycles. The Morgan fingerprint density at radius 3 is 1.51 bits per heavy atom. The molecule has 11 aliphatic rings. The summed E-state index contributed by atoms with van der Waals surface area (Å²) < 4.78 is 14.7. The molecule has 5 aliphatic carbocycles. The van der Waals surface area contributed by atoms with Crippen molar-refractivity contribution in [2.75, 3.05) is 0 Å². The van der Waals surface area contributed by atoms with Gasteiger partial charge in [0.25, 0.3) is 0 Å². The number of nitrogens with zero attached hydrogens (tertiary/aromatic N) is 2. The zero-order chi connectivity index (χ0) is 25.3. The highest BCUT2D eigenvalue weighted by molar-refractivity contribution is 6.65. The SMILES string of the molecule is CC1CC2CC3CCCC4OC5CC6OC7CCCC8CC9CC(C)CC%10B%11C(C1)C2N(C34)C5C%11C6N(C87)C9%10. The van der Waals surface area contributed by atoms with Crippen molar-refractivity contribution < 1.29 is 9.47 Å². The first kappa shape index (κ1) is 23.4. The molecule has 4 nitrogen and oxygen atoms in total. The number of hydrogen-bond donors (Lipinski definition) is 0. The van der Waals surface area contributed by atoms with Crippen LogP contribution in [0.3, 0.4) is 0 Å². The first-order valence-corrected chi connectivity index (χ1v) is 18.0. The molecule has 11 rings (SSSR count). The van der Waals surface area contributed by atoms with Gasteiger partial charge in [0.1, 0.15) is 0 Å². The van der Waals surface area contributed by atoms with E-state index in [1.807, 2.05) is 0 Å². The van der Waals surface area contributed by atoms with Crippen LogP contribution in [-0.2, 0) is 9.47 Å². The standard InChI is InChI=1S/C34H51BN2O2/c1-16-9-20-13-18-5-3-7-24-31(18)36-29(20)22(11-16)35-23-12-17(2)10-21-14-19-6-4-8-25-32(19)37(30(21)23)34-27(39-25)15-26(38-24)33(36)28(34)35/h16-34H,3-15H2,1-2H3. The van der Waals surface area contributed by atoms with Crippen LogP contribution in [0.15, 0.2) is 0 Å². The summed E-state index contributed by atoms with van der Waals surface area (Å²) in [6, 6.07) is 4.62. The van der Waals surface area contributed by atoms with Crippen molar-refractivity contribution in [3.05, 3.63) is 0 Å². The van der Waals surface area contributed by atoms with E-state index in [0.29, 0.717) is 36.5 Å². The third kappa shape index (κ3) is 2.81. The zero-order valence-electron chi connectivity index (χ0n) is 24.5. The van der Waals surface area contributed by atoms with Gasteiger partial charge in [-0.25, -0.2) is 0 Å². The van der Waals surface area contributed by atoms with Crippen molar-refractivity contribution in [3.63, 3.8) is 0 Å². The number of hydrogen-bond acceptors (Lipinski definition) is 4. The summed E-state index contributed by atoms with van der Waals surface area (Å²) in [4.78, 5) is 6.65. The van der Waals surface area contributed by atoms with Crippen molar-refractivity contribution in [1.29, 1.82) is 0 Å². The maximum absolute atomic E-state index is 7.37. The van der Waals surface area contributed by atoms with Crippen molar-refractivity contribution in [1.82, 2.24) is 9.80 Å². The summed E-state index contributed by atoms with van der Waals surface area (Å²) in [6.07, 6.45) is 20.6. The van der Waals surface area contributed by atoms with Crippen LogP contribution in [0.4, 0.5) is 0 Å². The Labute approximate surface area is 236 Å². The number of morpholine rings is 2. The lowest BCUT2D eigenvalue weighted by molar-refractivity contribution is -0.287. The molecule has 39 heavy (non-hydrogen) atoms. The van der Waals surface area contributed by atoms with E-state index in [2.05, 4.69) is 23.6 Å². The van der Waals surface area contributed by atoms with Crippen molar-refractivity contribution >= 4 is 6.71 Å². The summed E-state index contributed by atoms with van der Waals surface area (Å²) >= 11 is 0. The lowest BCUT2D eigenvalue weighted by Crippen LogP contribution is -2.86. The first-order valence-electron chi connectivity index (χ1n) is 18.0. The Kier molecular flexibility index (Phi) is 4.73. The maximum atomic E-state index is 7.37. The van der Waals surface area contributed by atoms with Gasteiger partial charge in [-0.2, -0.15) is 0 Å².